The van der Waals surface area contributed by atoms with Gasteiger partial charge in [0.1, 0.15) is 5.70 Å². The van der Waals surface area contributed by atoms with Gasteiger partial charge in [-0.25, -0.2) is 0 Å². The Morgan fingerprint density at radius 2 is 2.00 bits per heavy atom. The lowest BCUT2D eigenvalue weighted by atomic mass is 10.0. The largest absolute Gasteiger partial charge is 0.494 e. The van der Waals surface area contributed by atoms with Gasteiger partial charge in [-0.05, 0) is 34.5 Å². The van der Waals surface area contributed by atoms with Crippen molar-refractivity contribution < 1.29 is 5.11 Å². The number of nitrogens with one attached hydrogen (secondary N) is 1. The van der Waals surface area contributed by atoms with Crippen LogP contribution in [0.2, 0.25) is 0 Å². The van der Waals surface area contributed by atoms with E-state index in [1.807, 2.05) is 42.5 Å². The maximum Gasteiger partial charge on any atom is 0.197 e. The molecule has 0 aliphatic heterocycles. The highest BCUT2D eigenvalue weighted by atomic mass is 79.9. The van der Waals surface area contributed by atoms with Crippen molar-refractivity contribution in [2.45, 2.75) is 6.42 Å². The topological polar surface area (TPSA) is 65.4 Å². The Morgan fingerprint density at radius 1 is 1.18 bits per heavy atom. The van der Waals surface area contributed by atoms with E-state index < -0.39 is 0 Å². The van der Waals surface area contributed by atoms with E-state index in [1.165, 1.54) is 0 Å². The van der Waals surface area contributed by atoms with Gasteiger partial charge in [-0.1, -0.05) is 40.2 Å². The first-order chi connectivity index (χ1) is 10.7. The number of hydrogen-bond donors (Lipinski definition) is 2. The van der Waals surface area contributed by atoms with Crippen molar-refractivity contribution in [2.24, 2.45) is 5.18 Å². The molecule has 1 heterocycles. The van der Waals surface area contributed by atoms with E-state index in [1.54, 1.807) is 0 Å². The van der Waals surface area contributed by atoms with E-state index in [0.29, 0.717) is 17.7 Å². The third-order valence-corrected chi connectivity index (χ3v) is 4.55. The van der Waals surface area contributed by atoms with Gasteiger partial charge in [-0.15, -0.1) is 4.91 Å². The predicted molar refractivity (Wildman–Crippen MR) is 90.4 cm³/mol. The molecule has 4 nitrogen and oxygen atoms in total. The zero-order valence-corrected chi connectivity index (χ0v) is 13.0. The van der Waals surface area contributed by atoms with Crippen LogP contribution >= 0.6 is 15.9 Å². The van der Waals surface area contributed by atoms with Crippen molar-refractivity contribution >= 4 is 38.1 Å². The second kappa shape index (κ2) is 4.81. The predicted octanol–water partition coefficient (Wildman–Crippen LogP) is 4.83. The van der Waals surface area contributed by atoms with Crippen LogP contribution in [0.3, 0.4) is 0 Å². The van der Waals surface area contributed by atoms with E-state index in [9.17, 15) is 10.0 Å². The number of H-pyrrole nitrogens is 1. The molecule has 4 rings (SSSR count). The van der Waals surface area contributed by atoms with Crippen LogP contribution in [0.5, 0.6) is 5.88 Å². The normalized spacial score (nSPS) is 13.7. The molecule has 5 heteroatoms. The molecule has 0 spiro atoms. The van der Waals surface area contributed by atoms with E-state index >= 15 is 0 Å². The van der Waals surface area contributed by atoms with Crippen LogP contribution in [0.25, 0.3) is 22.2 Å². The van der Waals surface area contributed by atoms with Crippen molar-refractivity contribution in [1.82, 2.24) is 4.98 Å². The summed E-state index contributed by atoms with van der Waals surface area (Å²) < 4.78 is 0.914. The molecule has 0 amide bonds. The number of nitroso groups, excluding NO2 is 1. The molecule has 2 N–H and O–H groups in total. The highest BCUT2D eigenvalue weighted by Gasteiger charge is 2.27. The number of rotatable bonds is 2. The highest BCUT2D eigenvalue weighted by molar-refractivity contribution is 9.10. The second-order valence-electron chi connectivity index (χ2n) is 5.29. The fourth-order valence-electron chi connectivity index (χ4n) is 3.11. The molecule has 0 radical (unpaired) electrons. The first-order valence-electron chi connectivity index (χ1n) is 6.84. The lowest BCUT2D eigenvalue weighted by Gasteiger charge is -2.03. The van der Waals surface area contributed by atoms with Crippen molar-refractivity contribution in [2.75, 3.05) is 0 Å². The number of benzene rings is 2. The maximum absolute atomic E-state index is 11.4. The minimum Gasteiger partial charge on any atom is -0.494 e. The highest BCUT2D eigenvalue weighted by Crippen LogP contribution is 2.44. The standard InChI is InChI=1S/C17H11BrN2O2/c18-10-5-6-14-12(8-10)15(17(21)19-14)13-7-9-3-1-2-4-11(9)16(13)20-22/h1-6,8,19,21H,7H2. The summed E-state index contributed by atoms with van der Waals surface area (Å²) in [5.74, 6) is 0.0667. The van der Waals surface area contributed by atoms with Gasteiger partial charge in [0.2, 0.25) is 0 Å². The van der Waals surface area contributed by atoms with Gasteiger partial charge in [-0.2, -0.15) is 0 Å². The average Bonchev–Trinajstić information content (AvgIpc) is 3.03. The summed E-state index contributed by atoms with van der Waals surface area (Å²) in [6.45, 7) is 0. The Balaban J connectivity index is 2.02. The second-order valence-corrected chi connectivity index (χ2v) is 6.21. The van der Waals surface area contributed by atoms with Crippen molar-refractivity contribution in [1.29, 1.82) is 0 Å². The minimum absolute atomic E-state index is 0.0667. The van der Waals surface area contributed by atoms with Gasteiger partial charge in [0.15, 0.2) is 5.88 Å². The first-order valence-corrected chi connectivity index (χ1v) is 7.63. The minimum atomic E-state index is 0.0667. The Morgan fingerprint density at radius 3 is 2.82 bits per heavy atom. The maximum atomic E-state index is 11.4. The molecule has 0 saturated heterocycles. The fraction of sp³-hybridized carbons (Fsp3) is 0.0588. The third kappa shape index (κ3) is 1.82. The molecule has 3 aromatic rings. The smallest absolute Gasteiger partial charge is 0.197 e. The fourth-order valence-corrected chi connectivity index (χ4v) is 3.47. The van der Waals surface area contributed by atoms with Crippen molar-refractivity contribution in [3.05, 3.63) is 68.5 Å². The molecule has 0 unspecified atom stereocenters. The van der Waals surface area contributed by atoms with Gasteiger partial charge in [0.25, 0.3) is 0 Å². The number of aromatic nitrogens is 1. The van der Waals surface area contributed by atoms with Crippen LogP contribution in [0.1, 0.15) is 16.7 Å². The van der Waals surface area contributed by atoms with Crippen LogP contribution in [-0.2, 0) is 6.42 Å². The average molecular weight is 355 g/mol. The molecule has 0 saturated carbocycles. The molecule has 108 valence electrons. The Kier molecular flexibility index (Phi) is 2.90. The number of aromatic hydroxyl groups is 1. The van der Waals surface area contributed by atoms with E-state index in [-0.39, 0.29) is 5.88 Å². The van der Waals surface area contributed by atoms with Gasteiger partial charge in [0.05, 0.1) is 0 Å². The van der Waals surface area contributed by atoms with Gasteiger partial charge >= 0.3 is 0 Å². The summed E-state index contributed by atoms with van der Waals surface area (Å²) in [4.78, 5) is 14.3. The number of halogens is 1. The zero-order chi connectivity index (χ0) is 15.3. The number of hydrogen-bond acceptors (Lipinski definition) is 3. The molecular formula is C17H11BrN2O2. The number of aromatic amines is 1. The first kappa shape index (κ1) is 13.3. The number of fused-ring (bicyclic) bond motifs is 2. The zero-order valence-electron chi connectivity index (χ0n) is 11.4. The summed E-state index contributed by atoms with van der Waals surface area (Å²) in [6, 6.07) is 13.4. The van der Waals surface area contributed by atoms with E-state index in [4.69, 9.17) is 0 Å². The third-order valence-electron chi connectivity index (χ3n) is 4.06. The Labute approximate surface area is 134 Å². The van der Waals surface area contributed by atoms with Crippen LogP contribution in [0.4, 0.5) is 0 Å². The molecular weight excluding hydrogens is 344 g/mol. The Hall–Kier alpha value is -2.40. The van der Waals surface area contributed by atoms with E-state index in [0.717, 1.165) is 32.1 Å². The van der Waals surface area contributed by atoms with Gasteiger partial charge < -0.3 is 10.1 Å². The van der Waals surface area contributed by atoms with Crippen LogP contribution in [-0.4, -0.2) is 10.1 Å². The van der Waals surface area contributed by atoms with Crippen LogP contribution < -0.4 is 0 Å². The summed E-state index contributed by atoms with van der Waals surface area (Å²) in [6.07, 6.45) is 0.588. The molecule has 1 aliphatic carbocycles. The molecule has 2 aromatic carbocycles. The molecule has 1 aromatic heterocycles. The van der Waals surface area contributed by atoms with Crippen molar-refractivity contribution in [3.8, 4) is 5.88 Å². The number of nitrogens with zero attached hydrogens (tertiary/aromatic N) is 1. The van der Waals surface area contributed by atoms with Gasteiger partial charge in [-0.3, -0.25) is 0 Å². The number of allylic oxidation sites excluding steroid dienone is 1. The monoisotopic (exact) mass is 354 g/mol. The Bertz CT molecular complexity index is 956. The quantitative estimate of drug-likeness (QED) is 0.647. The molecule has 0 fully saturated rings. The summed E-state index contributed by atoms with van der Waals surface area (Å²) in [7, 11) is 0. The van der Waals surface area contributed by atoms with Crippen LogP contribution in [0.15, 0.2) is 52.1 Å². The van der Waals surface area contributed by atoms with Crippen LogP contribution in [0, 0.1) is 4.91 Å². The lowest BCUT2D eigenvalue weighted by Crippen LogP contribution is -1.85. The van der Waals surface area contributed by atoms with E-state index in [2.05, 4.69) is 26.1 Å². The SMILES string of the molecule is O=NC1=C(c2c(O)[nH]c3ccc(Br)cc23)Cc2ccccc21. The molecule has 1 aliphatic rings. The summed E-state index contributed by atoms with van der Waals surface area (Å²) in [5.41, 5.74) is 4.54. The summed E-state index contributed by atoms with van der Waals surface area (Å²) in [5, 5.41) is 14.4. The summed E-state index contributed by atoms with van der Waals surface area (Å²) >= 11 is 3.45. The lowest BCUT2D eigenvalue weighted by molar-refractivity contribution is 0.457. The van der Waals surface area contributed by atoms with Gasteiger partial charge in [0, 0.05) is 32.9 Å². The molecule has 0 bridgehead atoms. The molecule has 0 atom stereocenters. The molecule has 22 heavy (non-hydrogen) atoms. The van der Waals surface area contributed by atoms with Crippen molar-refractivity contribution in [3.63, 3.8) is 0 Å².